The van der Waals surface area contributed by atoms with Crippen LogP contribution < -0.4 is 4.72 Å². The molecule has 2 rings (SSSR count). The molecule has 1 aliphatic rings. The SMILES string of the molecule is CC(C)(C)[S+]([O-])NC1(C(C(=O)O)c2cccc(Cl)c2)COC1. The summed E-state index contributed by atoms with van der Waals surface area (Å²) >= 11 is 4.58. The Kier molecular flexibility index (Phi) is 5.09. The third-order valence-electron chi connectivity index (χ3n) is 3.55. The molecule has 22 heavy (non-hydrogen) atoms. The van der Waals surface area contributed by atoms with Crippen molar-refractivity contribution < 1.29 is 19.2 Å². The van der Waals surface area contributed by atoms with E-state index in [0.29, 0.717) is 10.6 Å². The topological polar surface area (TPSA) is 81.6 Å². The first-order valence-electron chi connectivity index (χ1n) is 6.91. The van der Waals surface area contributed by atoms with Crippen molar-refractivity contribution >= 4 is 28.9 Å². The van der Waals surface area contributed by atoms with Crippen molar-refractivity contribution in [2.45, 2.75) is 37.0 Å². The quantitative estimate of drug-likeness (QED) is 0.800. The van der Waals surface area contributed by atoms with Crippen LogP contribution in [0, 0.1) is 0 Å². The molecule has 2 unspecified atom stereocenters. The van der Waals surface area contributed by atoms with Crippen molar-refractivity contribution in [2.75, 3.05) is 13.2 Å². The Balaban J connectivity index is 2.35. The van der Waals surface area contributed by atoms with Crippen LogP contribution in [0.4, 0.5) is 0 Å². The van der Waals surface area contributed by atoms with E-state index < -0.39 is 33.5 Å². The molecule has 122 valence electrons. The predicted octanol–water partition coefficient (Wildman–Crippen LogP) is 2.33. The van der Waals surface area contributed by atoms with Gasteiger partial charge in [-0.1, -0.05) is 23.7 Å². The number of carboxylic acid groups (broad SMARTS) is 1. The number of benzene rings is 1. The molecule has 1 aromatic carbocycles. The summed E-state index contributed by atoms with van der Waals surface area (Å²) in [7, 11) is 0. The van der Waals surface area contributed by atoms with E-state index in [4.69, 9.17) is 16.3 Å². The summed E-state index contributed by atoms with van der Waals surface area (Å²) in [4.78, 5) is 11.8. The fourth-order valence-electron chi connectivity index (χ4n) is 2.33. The normalized spacial score (nSPS) is 20.0. The molecule has 0 saturated carbocycles. The second kappa shape index (κ2) is 6.37. The molecule has 0 amide bonds. The van der Waals surface area contributed by atoms with Gasteiger partial charge in [-0.25, -0.2) is 0 Å². The van der Waals surface area contributed by atoms with E-state index >= 15 is 0 Å². The van der Waals surface area contributed by atoms with Crippen molar-refractivity contribution in [3.05, 3.63) is 34.9 Å². The minimum atomic E-state index is -1.40. The van der Waals surface area contributed by atoms with Crippen molar-refractivity contribution in [2.24, 2.45) is 0 Å². The molecule has 2 N–H and O–H groups in total. The van der Waals surface area contributed by atoms with Crippen molar-refractivity contribution in [3.8, 4) is 0 Å². The highest BCUT2D eigenvalue weighted by Crippen LogP contribution is 2.37. The van der Waals surface area contributed by atoms with E-state index in [1.807, 2.05) is 20.8 Å². The van der Waals surface area contributed by atoms with Gasteiger partial charge in [0.1, 0.15) is 16.2 Å². The van der Waals surface area contributed by atoms with Gasteiger partial charge in [-0.2, -0.15) is 0 Å². The van der Waals surface area contributed by atoms with Crippen molar-refractivity contribution in [1.29, 1.82) is 0 Å². The Morgan fingerprint density at radius 2 is 2.14 bits per heavy atom. The fourth-order valence-corrected chi connectivity index (χ4v) is 3.44. The zero-order valence-electron chi connectivity index (χ0n) is 12.8. The monoisotopic (exact) mass is 345 g/mol. The van der Waals surface area contributed by atoms with Crippen LogP contribution >= 0.6 is 11.6 Å². The number of rotatable bonds is 5. The summed E-state index contributed by atoms with van der Waals surface area (Å²) < 4.78 is 20.2. The molecule has 1 fully saturated rings. The number of carbonyl (C=O) groups is 1. The third-order valence-corrected chi connectivity index (χ3v) is 5.49. The number of hydrogen-bond acceptors (Lipinski definition) is 4. The number of hydrogen-bond donors (Lipinski definition) is 2. The molecule has 5 nitrogen and oxygen atoms in total. The molecule has 1 heterocycles. The molecule has 1 aromatic rings. The molecule has 7 heteroatoms. The van der Waals surface area contributed by atoms with Crippen molar-refractivity contribution in [1.82, 2.24) is 4.72 Å². The fraction of sp³-hybridized carbons (Fsp3) is 0.533. The van der Waals surface area contributed by atoms with E-state index in [9.17, 15) is 14.5 Å². The van der Waals surface area contributed by atoms with Gasteiger partial charge in [-0.3, -0.25) is 4.79 Å². The van der Waals surface area contributed by atoms with Crippen LogP contribution in [-0.4, -0.2) is 39.1 Å². The maximum absolute atomic E-state index is 12.4. The number of carboxylic acids is 1. The van der Waals surface area contributed by atoms with Crippen LogP contribution in [0.1, 0.15) is 32.3 Å². The van der Waals surface area contributed by atoms with Gasteiger partial charge in [-0.15, -0.1) is 4.72 Å². The lowest BCUT2D eigenvalue weighted by atomic mass is 9.78. The second-order valence-electron chi connectivity index (χ2n) is 6.46. The molecule has 1 aliphatic heterocycles. The number of halogens is 1. The van der Waals surface area contributed by atoms with Gasteiger partial charge in [0.25, 0.3) is 0 Å². The van der Waals surface area contributed by atoms with Gasteiger partial charge in [-0.05, 0) is 38.5 Å². The summed E-state index contributed by atoms with van der Waals surface area (Å²) in [6.07, 6.45) is 0. The highest BCUT2D eigenvalue weighted by Gasteiger charge is 2.54. The lowest BCUT2D eigenvalue weighted by molar-refractivity contribution is -0.149. The van der Waals surface area contributed by atoms with Crippen molar-refractivity contribution in [3.63, 3.8) is 0 Å². The zero-order valence-corrected chi connectivity index (χ0v) is 14.3. The maximum Gasteiger partial charge on any atom is 0.313 e. The Hall–Kier alpha value is -0.790. The van der Waals surface area contributed by atoms with Gasteiger partial charge in [0.15, 0.2) is 0 Å². The largest absolute Gasteiger partial charge is 0.598 e. The molecular formula is C15H20ClNO4S. The Bertz CT molecular complexity index is 557. The first-order chi connectivity index (χ1) is 10.2. The van der Waals surface area contributed by atoms with E-state index in [1.165, 1.54) is 0 Å². The Morgan fingerprint density at radius 3 is 2.55 bits per heavy atom. The van der Waals surface area contributed by atoms with Crippen LogP contribution in [0.3, 0.4) is 0 Å². The summed E-state index contributed by atoms with van der Waals surface area (Å²) in [5, 5.41) is 10.2. The summed E-state index contributed by atoms with van der Waals surface area (Å²) in [5.74, 6) is -1.88. The molecule has 1 saturated heterocycles. The van der Waals surface area contributed by atoms with Crippen LogP contribution in [0.15, 0.2) is 24.3 Å². The minimum Gasteiger partial charge on any atom is -0.598 e. The lowest BCUT2D eigenvalue weighted by Gasteiger charge is -2.46. The average Bonchev–Trinajstić information content (AvgIpc) is 2.34. The average molecular weight is 346 g/mol. The number of ether oxygens (including phenoxy) is 1. The van der Waals surface area contributed by atoms with Gasteiger partial charge in [0.05, 0.1) is 13.2 Å². The maximum atomic E-state index is 12.4. The highest BCUT2D eigenvalue weighted by molar-refractivity contribution is 7.90. The number of aliphatic carboxylic acids is 1. The van der Waals surface area contributed by atoms with E-state index in [2.05, 4.69) is 4.72 Å². The van der Waals surface area contributed by atoms with E-state index in [-0.39, 0.29) is 13.2 Å². The van der Waals surface area contributed by atoms with Gasteiger partial charge < -0.3 is 14.4 Å². The highest BCUT2D eigenvalue weighted by atomic mass is 35.5. The Labute approximate surface area is 138 Å². The smallest absolute Gasteiger partial charge is 0.313 e. The molecule has 0 radical (unpaired) electrons. The standard InChI is InChI=1S/C15H20ClNO4S/c1-14(2,3)22(20)17-15(8-21-9-15)12(13(18)19)10-5-4-6-11(16)7-10/h4-7,12,17H,8-9H2,1-3H3,(H,18,19). The van der Waals surface area contributed by atoms with Crippen LogP contribution in [0.5, 0.6) is 0 Å². The molecule has 0 aromatic heterocycles. The first-order valence-corrected chi connectivity index (χ1v) is 8.44. The molecule has 0 bridgehead atoms. The van der Waals surface area contributed by atoms with Gasteiger partial charge in [0.2, 0.25) is 0 Å². The summed E-state index contributed by atoms with van der Waals surface area (Å²) in [5.41, 5.74) is -0.323. The molecule has 0 spiro atoms. The Morgan fingerprint density at radius 1 is 1.50 bits per heavy atom. The van der Waals surface area contributed by atoms with Crippen LogP contribution in [0.25, 0.3) is 0 Å². The van der Waals surface area contributed by atoms with Crippen LogP contribution in [0.2, 0.25) is 5.02 Å². The number of nitrogens with one attached hydrogen (secondary N) is 1. The van der Waals surface area contributed by atoms with E-state index in [0.717, 1.165) is 0 Å². The lowest BCUT2D eigenvalue weighted by Crippen LogP contribution is -2.68. The van der Waals surface area contributed by atoms with Crippen LogP contribution in [-0.2, 0) is 20.9 Å². The zero-order chi connectivity index (χ0) is 16.5. The second-order valence-corrected chi connectivity index (χ2v) is 8.86. The molecule has 0 aliphatic carbocycles. The first kappa shape index (κ1) is 17.6. The summed E-state index contributed by atoms with van der Waals surface area (Å²) in [6.45, 7) is 5.88. The van der Waals surface area contributed by atoms with E-state index in [1.54, 1.807) is 24.3 Å². The summed E-state index contributed by atoms with van der Waals surface area (Å²) in [6, 6.07) is 6.74. The van der Waals surface area contributed by atoms with Gasteiger partial charge >= 0.3 is 5.97 Å². The molecular weight excluding hydrogens is 326 g/mol. The minimum absolute atomic E-state index is 0.193. The molecule has 2 atom stereocenters. The van der Waals surface area contributed by atoms with Gasteiger partial charge in [0, 0.05) is 16.4 Å². The predicted molar refractivity (Wildman–Crippen MR) is 86.4 cm³/mol. The third kappa shape index (κ3) is 3.58.